The first kappa shape index (κ1) is 18.1. The number of methoxy groups -OCH3 is 1. The molecule has 11 heteroatoms. The highest BCUT2D eigenvalue weighted by Gasteiger charge is 2.41. The standard InChI is InChI=1S/C12H20N3O7P/c1-7-5-15(12(16)14-11(7)13)10-4-8(9(21-10)6-19-2)22-23(17,18)20-3/h5,8-10H,4,6H2,1-3H3,(H,17,18)(H2,13,14,16)/t8-,9?,10-/m1/s1. The van der Waals surface area contributed by atoms with Gasteiger partial charge in [0.25, 0.3) is 0 Å². The highest BCUT2D eigenvalue weighted by Crippen LogP contribution is 2.47. The van der Waals surface area contributed by atoms with E-state index in [1.165, 1.54) is 17.9 Å². The molecule has 0 aliphatic carbocycles. The van der Waals surface area contributed by atoms with Crippen LogP contribution in [0.2, 0.25) is 0 Å². The topological polar surface area (TPSA) is 135 Å². The van der Waals surface area contributed by atoms with E-state index in [-0.39, 0.29) is 18.8 Å². The van der Waals surface area contributed by atoms with Crippen LogP contribution in [0.25, 0.3) is 0 Å². The summed E-state index contributed by atoms with van der Waals surface area (Å²) in [4.78, 5) is 25.2. The quantitative estimate of drug-likeness (QED) is 0.690. The van der Waals surface area contributed by atoms with Crippen LogP contribution in [0.1, 0.15) is 18.2 Å². The predicted molar refractivity (Wildman–Crippen MR) is 79.8 cm³/mol. The molecule has 1 aliphatic rings. The maximum Gasteiger partial charge on any atom is 0.472 e. The fourth-order valence-electron chi connectivity index (χ4n) is 2.30. The first-order valence-corrected chi connectivity index (χ1v) is 8.33. The van der Waals surface area contributed by atoms with Crippen LogP contribution in [0.15, 0.2) is 11.0 Å². The monoisotopic (exact) mass is 349 g/mol. The number of ether oxygens (including phenoxy) is 2. The summed E-state index contributed by atoms with van der Waals surface area (Å²) < 4.78 is 33.1. The van der Waals surface area contributed by atoms with Gasteiger partial charge in [0.2, 0.25) is 0 Å². The first-order chi connectivity index (χ1) is 10.8. The van der Waals surface area contributed by atoms with Crippen LogP contribution < -0.4 is 11.4 Å². The number of anilines is 1. The van der Waals surface area contributed by atoms with Crippen molar-refractivity contribution in [2.45, 2.75) is 31.8 Å². The predicted octanol–water partition coefficient (Wildman–Crippen LogP) is 0.200. The molecule has 3 N–H and O–H groups in total. The highest BCUT2D eigenvalue weighted by atomic mass is 31.2. The van der Waals surface area contributed by atoms with E-state index in [0.717, 1.165) is 7.11 Å². The Morgan fingerprint density at radius 1 is 1.57 bits per heavy atom. The molecule has 23 heavy (non-hydrogen) atoms. The zero-order chi connectivity index (χ0) is 17.2. The van der Waals surface area contributed by atoms with Crippen LogP contribution in [0.3, 0.4) is 0 Å². The van der Waals surface area contributed by atoms with E-state index >= 15 is 0 Å². The summed E-state index contributed by atoms with van der Waals surface area (Å²) in [6.45, 7) is 1.84. The van der Waals surface area contributed by atoms with Crippen molar-refractivity contribution in [2.75, 3.05) is 26.6 Å². The Kier molecular flexibility index (Phi) is 5.56. The van der Waals surface area contributed by atoms with Crippen LogP contribution in [-0.2, 0) is 23.1 Å². The van der Waals surface area contributed by atoms with Crippen molar-refractivity contribution >= 4 is 13.6 Å². The van der Waals surface area contributed by atoms with E-state index in [9.17, 15) is 14.3 Å². The smallest absolute Gasteiger partial charge is 0.383 e. The van der Waals surface area contributed by atoms with Crippen molar-refractivity contribution in [2.24, 2.45) is 0 Å². The normalized spacial score (nSPS) is 27.0. The minimum absolute atomic E-state index is 0.126. The molecule has 1 saturated heterocycles. The van der Waals surface area contributed by atoms with Gasteiger partial charge in [-0.3, -0.25) is 13.6 Å². The van der Waals surface area contributed by atoms with Crippen LogP contribution >= 0.6 is 7.82 Å². The molecule has 1 aromatic heterocycles. The Balaban J connectivity index is 2.24. The lowest BCUT2D eigenvalue weighted by Gasteiger charge is -2.19. The van der Waals surface area contributed by atoms with Crippen molar-refractivity contribution in [1.82, 2.24) is 9.55 Å². The number of rotatable bonds is 6. The number of nitrogens with zero attached hydrogens (tertiary/aromatic N) is 2. The molecule has 0 amide bonds. The average Bonchev–Trinajstić information content (AvgIpc) is 2.85. The van der Waals surface area contributed by atoms with Crippen molar-refractivity contribution < 1.29 is 28.0 Å². The van der Waals surface area contributed by atoms with Crippen molar-refractivity contribution in [1.29, 1.82) is 0 Å². The number of hydrogen-bond acceptors (Lipinski definition) is 8. The van der Waals surface area contributed by atoms with Crippen LogP contribution in [0, 0.1) is 6.92 Å². The zero-order valence-corrected chi connectivity index (χ0v) is 13.9. The average molecular weight is 349 g/mol. The third-order valence-electron chi connectivity index (χ3n) is 3.49. The molecule has 0 aromatic carbocycles. The molecular weight excluding hydrogens is 329 g/mol. The van der Waals surface area contributed by atoms with Crippen molar-refractivity contribution in [3.8, 4) is 0 Å². The molecule has 2 rings (SSSR count). The molecule has 0 bridgehead atoms. The highest BCUT2D eigenvalue weighted by molar-refractivity contribution is 7.47. The fourth-order valence-corrected chi connectivity index (χ4v) is 2.95. The SMILES string of the molecule is COCC1O[C@@H](n2cc(C)c(N)nc2=O)C[C@H]1OP(=O)(O)OC. The second-order valence-electron chi connectivity index (χ2n) is 5.11. The van der Waals surface area contributed by atoms with E-state index < -0.39 is 31.9 Å². The molecule has 0 saturated carbocycles. The lowest BCUT2D eigenvalue weighted by Crippen LogP contribution is -2.29. The fraction of sp³-hybridized carbons (Fsp3) is 0.667. The Morgan fingerprint density at radius 2 is 2.26 bits per heavy atom. The summed E-state index contributed by atoms with van der Waals surface area (Å²) in [7, 11) is -1.66. The van der Waals surface area contributed by atoms with Gasteiger partial charge in [0.05, 0.1) is 6.61 Å². The Labute approximate surface area is 132 Å². The third kappa shape index (κ3) is 4.17. The number of phosphoric acid groups is 1. The van der Waals surface area contributed by atoms with E-state index in [2.05, 4.69) is 9.51 Å². The van der Waals surface area contributed by atoms with Crippen LogP contribution in [0.5, 0.6) is 0 Å². The molecule has 0 radical (unpaired) electrons. The van der Waals surface area contributed by atoms with Gasteiger partial charge in [-0.15, -0.1) is 0 Å². The van der Waals surface area contributed by atoms with E-state index in [0.29, 0.717) is 5.56 Å². The molecule has 130 valence electrons. The Bertz CT molecular complexity index is 665. The van der Waals surface area contributed by atoms with E-state index in [4.69, 9.17) is 19.7 Å². The molecule has 4 atom stereocenters. The van der Waals surface area contributed by atoms with Gasteiger partial charge in [-0.05, 0) is 6.92 Å². The van der Waals surface area contributed by atoms with Gasteiger partial charge < -0.3 is 20.1 Å². The van der Waals surface area contributed by atoms with E-state index in [1.807, 2.05) is 0 Å². The molecule has 2 heterocycles. The lowest BCUT2D eigenvalue weighted by atomic mass is 10.2. The minimum atomic E-state index is -4.19. The maximum atomic E-state index is 12.0. The summed E-state index contributed by atoms with van der Waals surface area (Å²) in [6, 6.07) is 0. The Hall–Kier alpha value is -1.29. The molecule has 1 aromatic rings. The number of nitrogen functional groups attached to an aromatic ring is 1. The van der Waals surface area contributed by atoms with E-state index in [1.54, 1.807) is 6.92 Å². The molecule has 10 nitrogen and oxygen atoms in total. The Morgan fingerprint density at radius 3 is 2.87 bits per heavy atom. The number of hydrogen-bond donors (Lipinski definition) is 2. The van der Waals surface area contributed by atoms with Gasteiger partial charge in [-0.25, -0.2) is 9.36 Å². The molecule has 1 fully saturated rings. The van der Waals surface area contributed by atoms with Gasteiger partial charge in [0.15, 0.2) is 0 Å². The van der Waals surface area contributed by atoms with Gasteiger partial charge in [0, 0.05) is 32.4 Å². The van der Waals surface area contributed by atoms with Crippen LogP contribution in [0.4, 0.5) is 5.82 Å². The minimum Gasteiger partial charge on any atom is -0.383 e. The number of nitrogens with two attached hydrogens (primary N) is 1. The second kappa shape index (κ2) is 7.08. The van der Waals surface area contributed by atoms with Crippen molar-refractivity contribution in [3.63, 3.8) is 0 Å². The number of aromatic nitrogens is 2. The zero-order valence-electron chi connectivity index (χ0n) is 13.0. The molecular formula is C12H20N3O7P. The number of phosphoric ester groups is 1. The van der Waals surface area contributed by atoms with Gasteiger partial charge in [-0.1, -0.05) is 0 Å². The molecule has 2 unspecified atom stereocenters. The third-order valence-corrected chi connectivity index (χ3v) is 4.49. The van der Waals surface area contributed by atoms with Crippen molar-refractivity contribution in [3.05, 3.63) is 22.2 Å². The van der Waals surface area contributed by atoms with Crippen LogP contribution in [-0.4, -0.2) is 47.5 Å². The van der Waals surface area contributed by atoms with Gasteiger partial charge in [-0.2, -0.15) is 4.98 Å². The number of aryl methyl sites for hydroxylation is 1. The van der Waals surface area contributed by atoms with Gasteiger partial charge in [0.1, 0.15) is 24.3 Å². The summed E-state index contributed by atoms with van der Waals surface area (Å²) in [5.41, 5.74) is 5.64. The molecule has 0 spiro atoms. The largest absolute Gasteiger partial charge is 0.472 e. The van der Waals surface area contributed by atoms with Gasteiger partial charge >= 0.3 is 13.5 Å². The summed E-state index contributed by atoms with van der Waals surface area (Å²) in [6.07, 6.45) is -0.439. The maximum absolute atomic E-state index is 12.0. The lowest BCUT2D eigenvalue weighted by molar-refractivity contribution is -0.0544. The molecule has 1 aliphatic heterocycles. The second-order valence-corrected chi connectivity index (χ2v) is 6.63. The first-order valence-electron chi connectivity index (χ1n) is 6.84. The summed E-state index contributed by atoms with van der Waals surface area (Å²) in [5, 5.41) is 0. The summed E-state index contributed by atoms with van der Waals surface area (Å²) >= 11 is 0. The summed E-state index contributed by atoms with van der Waals surface area (Å²) in [5.74, 6) is 0.143.